The summed E-state index contributed by atoms with van der Waals surface area (Å²) >= 11 is 0. The Morgan fingerprint density at radius 2 is 1.73 bits per heavy atom. The van der Waals surface area contributed by atoms with E-state index in [9.17, 15) is 4.79 Å². The number of hydrogen-bond acceptors (Lipinski definition) is 4. The highest BCUT2D eigenvalue weighted by atomic mass is 16.5. The molecule has 0 aliphatic rings. The van der Waals surface area contributed by atoms with Crippen LogP contribution in [0.25, 0.3) is 0 Å². The fourth-order valence-corrected chi connectivity index (χ4v) is 2.05. The average molecular weight is 307 g/mol. The van der Waals surface area contributed by atoms with Gasteiger partial charge in [0.05, 0.1) is 25.4 Å². The highest BCUT2D eigenvalue weighted by Crippen LogP contribution is 2.08. The smallest absolute Gasteiger partial charge is 0.338 e. The van der Waals surface area contributed by atoms with Crippen LogP contribution in [-0.2, 0) is 16.1 Å². The van der Waals surface area contributed by atoms with E-state index in [1.807, 2.05) is 12.1 Å². The number of carbonyl (C=O) groups excluding carboxylic acids is 1. The van der Waals surface area contributed by atoms with Crippen LogP contribution in [0.15, 0.2) is 24.3 Å². The first-order valence-electron chi connectivity index (χ1n) is 8.27. The lowest BCUT2D eigenvalue weighted by Crippen LogP contribution is -2.26. The SMILES string of the molecule is CCCCOC(=O)c1ccc(COCCN(CC)CC)cc1. The van der Waals surface area contributed by atoms with Gasteiger partial charge in [0.1, 0.15) is 0 Å². The van der Waals surface area contributed by atoms with Crippen molar-refractivity contribution >= 4 is 5.97 Å². The fraction of sp³-hybridized carbons (Fsp3) is 0.611. The molecule has 0 atom stereocenters. The van der Waals surface area contributed by atoms with Crippen molar-refractivity contribution < 1.29 is 14.3 Å². The second kappa shape index (κ2) is 11.2. The summed E-state index contributed by atoms with van der Waals surface area (Å²) < 4.78 is 10.9. The Hall–Kier alpha value is -1.39. The lowest BCUT2D eigenvalue weighted by molar-refractivity contribution is 0.0499. The van der Waals surface area contributed by atoms with Gasteiger partial charge in [-0.3, -0.25) is 0 Å². The molecule has 124 valence electrons. The summed E-state index contributed by atoms with van der Waals surface area (Å²) in [5.41, 5.74) is 1.67. The summed E-state index contributed by atoms with van der Waals surface area (Å²) in [7, 11) is 0. The van der Waals surface area contributed by atoms with Crippen LogP contribution in [-0.4, -0.2) is 43.7 Å². The number of ether oxygens (including phenoxy) is 2. The van der Waals surface area contributed by atoms with E-state index in [0.29, 0.717) is 18.8 Å². The van der Waals surface area contributed by atoms with Gasteiger partial charge >= 0.3 is 5.97 Å². The molecule has 0 saturated heterocycles. The Bertz CT molecular complexity index is 413. The van der Waals surface area contributed by atoms with Crippen molar-refractivity contribution in [3.63, 3.8) is 0 Å². The molecular weight excluding hydrogens is 278 g/mol. The molecule has 0 heterocycles. The zero-order valence-corrected chi connectivity index (χ0v) is 14.1. The number of rotatable bonds is 11. The first-order valence-corrected chi connectivity index (χ1v) is 8.27. The van der Waals surface area contributed by atoms with Crippen molar-refractivity contribution in [1.82, 2.24) is 4.90 Å². The van der Waals surface area contributed by atoms with Crippen LogP contribution < -0.4 is 0 Å². The van der Waals surface area contributed by atoms with Crippen LogP contribution >= 0.6 is 0 Å². The maximum absolute atomic E-state index is 11.8. The second-order valence-corrected chi connectivity index (χ2v) is 5.27. The van der Waals surface area contributed by atoms with Crippen LogP contribution in [0.4, 0.5) is 0 Å². The molecular formula is C18H29NO3. The van der Waals surface area contributed by atoms with Gasteiger partial charge in [-0.1, -0.05) is 39.3 Å². The summed E-state index contributed by atoms with van der Waals surface area (Å²) in [6, 6.07) is 7.45. The summed E-state index contributed by atoms with van der Waals surface area (Å²) in [6.07, 6.45) is 1.93. The number of benzene rings is 1. The first-order chi connectivity index (χ1) is 10.7. The fourth-order valence-electron chi connectivity index (χ4n) is 2.05. The van der Waals surface area contributed by atoms with Gasteiger partial charge in [0, 0.05) is 6.54 Å². The summed E-state index contributed by atoms with van der Waals surface area (Å²) in [5, 5.41) is 0. The van der Waals surface area contributed by atoms with Gasteiger partial charge in [-0.15, -0.1) is 0 Å². The van der Waals surface area contributed by atoms with Crippen LogP contribution in [0, 0.1) is 0 Å². The molecule has 0 aliphatic carbocycles. The quantitative estimate of drug-likeness (QED) is 0.463. The molecule has 0 N–H and O–H groups in total. The molecule has 1 aromatic rings. The normalized spacial score (nSPS) is 10.9. The maximum Gasteiger partial charge on any atom is 0.338 e. The molecule has 0 radical (unpaired) electrons. The monoisotopic (exact) mass is 307 g/mol. The van der Waals surface area contributed by atoms with Gasteiger partial charge in [-0.25, -0.2) is 4.79 Å². The topological polar surface area (TPSA) is 38.8 Å². The minimum absolute atomic E-state index is 0.248. The Balaban J connectivity index is 2.31. The van der Waals surface area contributed by atoms with E-state index in [2.05, 4.69) is 25.7 Å². The van der Waals surface area contributed by atoms with E-state index in [0.717, 1.165) is 44.6 Å². The number of nitrogens with zero attached hydrogens (tertiary/aromatic N) is 1. The van der Waals surface area contributed by atoms with Gasteiger partial charge in [-0.05, 0) is 37.2 Å². The first kappa shape index (κ1) is 18.7. The molecule has 1 aromatic carbocycles. The van der Waals surface area contributed by atoms with E-state index in [-0.39, 0.29) is 5.97 Å². The molecule has 0 amide bonds. The number of carbonyl (C=O) groups is 1. The molecule has 0 spiro atoms. The Labute approximate surface area is 134 Å². The lowest BCUT2D eigenvalue weighted by Gasteiger charge is -2.17. The van der Waals surface area contributed by atoms with Gasteiger partial charge in [-0.2, -0.15) is 0 Å². The van der Waals surface area contributed by atoms with E-state index in [1.165, 1.54) is 0 Å². The average Bonchev–Trinajstić information content (AvgIpc) is 2.55. The zero-order valence-electron chi connectivity index (χ0n) is 14.1. The summed E-state index contributed by atoms with van der Waals surface area (Å²) in [4.78, 5) is 14.1. The molecule has 4 heteroatoms. The van der Waals surface area contributed by atoms with Gasteiger partial charge in [0.2, 0.25) is 0 Å². The van der Waals surface area contributed by atoms with Gasteiger partial charge < -0.3 is 14.4 Å². The van der Waals surface area contributed by atoms with E-state index in [1.54, 1.807) is 12.1 Å². The highest BCUT2D eigenvalue weighted by molar-refractivity contribution is 5.89. The van der Waals surface area contributed by atoms with Crippen molar-refractivity contribution in [2.24, 2.45) is 0 Å². The number of hydrogen-bond donors (Lipinski definition) is 0. The van der Waals surface area contributed by atoms with Crippen LogP contribution in [0.2, 0.25) is 0 Å². The zero-order chi connectivity index (χ0) is 16.2. The second-order valence-electron chi connectivity index (χ2n) is 5.27. The molecule has 0 aliphatic heterocycles. The molecule has 1 rings (SSSR count). The van der Waals surface area contributed by atoms with E-state index < -0.39 is 0 Å². The van der Waals surface area contributed by atoms with Crippen LogP contribution in [0.5, 0.6) is 0 Å². The molecule has 0 fully saturated rings. The van der Waals surface area contributed by atoms with Gasteiger partial charge in [0.25, 0.3) is 0 Å². The maximum atomic E-state index is 11.8. The largest absolute Gasteiger partial charge is 0.462 e. The summed E-state index contributed by atoms with van der Waals surface area (Å²) in [6.45, 7) is 11.2. The minimum Gasteiger partial charge on any atom is -0.462 e. The molecule has 0 aromatic heterocycles. The highest BCUT2D eigenvalue weighted by Gasteiger charge is 2.06. The van der Waals surface area contributed by atoms with E-state index in [4.69, 9.17) is 9.47 Å². The Morgan fingerprint density at radius 1 is 1.05 bits per heavy atom. The van der Waals surface area contributed by atoms with Crippen molar-refractivity contribution in [2.75, 3.05) is 32.8 Å². The molecule has 0 saturated carbocycles. The lowest BCUT2D eigenvalue weighted by atomic mass is 10.1. The third-order valence-corrected chi connectivity index (χ3v) is 3.64. The number of likely N-dealkylation sites (N-methyl/N-ethyl adjacent to an activating group) is 1. The van der Waals surface area contributed by atoms with E-state index >= 15 is 0 Å². The molecule has 4 nitrogen and oxygen atoms in total. The van der Waals surface area contributed by atoms with Crippen molar-refractivity contribution in [3.8, 4) is 0 Å². The third-order valence-electron chi connectivity index (χ3n) is 3.64. The Kier molecular flexibility index (Phi) is 9.51. The van der Waals surface area contributed by atoms with Crippen LogP contribution in [0.3, 0.4) is 0 Å². The number of unbranched alkanes of at least 4 members (excludes halogenated alkanes) is 1. The predicted molar refractivity (Wildman–Crippen MR) is 89.1 cm³/mol. The molecule has 22 heavy (non-hydrogen) atoms. The number of esters is 1. The molecule has 0 unspecified atom stereocenters. The van der Waals surface area contributed by atoms with Crippen molar-refractivity contribution in [3.05, 3.63) is 35.4 Å². The summed E-state index contributed by atoms with van der Waals surface area (Å²) in [5.74, 6) is -0.248. The predicted octanol–water partition coefficient (Wildman–Crippen LogP) is 3.50. The van der Waals surface area contributed by atoms with Crippen molar-refractivity contribution in [1.29, 1.82) is 0 Å². The standard InChI is InChI=1S/C18H29NO3/c1-4-7-13-22-18(20)17-10-8-16(9-11-17)15-21-14-12-19(5-2)6-3/h8-11H,4-7,12-15H2,1-3H3. The third kappa shape index (κ3) is 7.05. The molecule has 0 bridgehead atoms. The minimum atomic E-state index is -0.248. The Morgan fingerprint density at radius 3 is 2.32 bits per heavy atom. The van der Waals surface area contributed by atoms with Crippen molar-refractivity contribution in [2.45, 2.75) is 40.2 Å². The van der Waals surface area contributed by atoms with Crippen LogP contribution in [0.1, 0.15) is 49.5 Å². The van der Waals surface area contributed by atoms with Gasteiger partial charge in [0.15, 0.2) is 0 Å².